The summed E-state index contributed by atoms with van der Waals surface area (Å²) in [7, 11) is 2.05. The fourth-order valence-corrected chi connectivity index (χ4v) is 3.12. The summed E-state index contributed by atoms with van der Waals surface area (Å²) in [6.45, 7) is 0.827. The van der Waals surface area contributed by atoms with Crippen LogP contribution in [0.15, 0.2) is 36.9 Å². The van der Waals surface area contributed by atoms with Crippen LogP contribution in [0, 0.1) is 0 Å². The Morgan fingerprint density at radius 2 is 2.20 bits per heavy atom. The summed E-state index contributed by atoms with van der Waals surface area (Å²) in [5.41, 5.74) is 5.24. The van der Waals surface area contributed by atoms with Crippen LogP contribution in [0.1, 0.15) is 5.56 Å². The molecule has 1 aliphatic rings. The number of pyridine rings is 1. The standard InChI is InChI=1S/C14H11N6/c1-18-13-11-9(3-2-5-16-11)7-19(13)12-14(18)20-8-15-6-4-10(20)17-12/h2-6,8H,7H2,1H3/q+1. The van der Waals surface area contributed by atoms with E-state index in [1.807, 2.05) is 22.7 Å². The molecule has 6 heteroatoms. The Morgan fingerprint density at radius 3 is 3.15 bits per heavy atom. The number of aromatic nitrogens is 6. The first-order valence-corrected chi connectivity index (χ1v) is 6.49. The minimum Gasteiger partial charge on any atom is -0.249 e. The highest BCUT2D eigenvalue weighted by molar-refractivity contribution is 5.76. The van der Waals surface area contributed by atoms with E-state index >= 15 is 0 Å². The van der Waals surface area contributed by atoms with Gasteiger partial charge in [-0.05, 0) is 6.07 Å². The molecule has 0 unspecified atom stereocenters. The van der Waals surface area contributed by atoms with Crippen molar-refractivity contribution in [3.63, 3.8) is 0 Å². The van der Waals surface area contributed by atoms with Crippen molar-refractivity contribution in [1.82, 2.24) is 23.9 Å². The Bertz CT molecular complexity index is 994. The largest absolute Gasteiger partial charge is 0.296 e. The highest BCUT2D eigenvalue weighted by Gasteiger charge is 2.34. The van der Waals surface area contributed by atoms with E-state index in [2.05, 4.69) is 32.2 Å². The molecule has 5 rings (SSSR count). The number of aryl methyl sites for hydroxylation is 1. The van der Waals surface area contributed by atoms with Gasteiger partial charge in [-0.15, -0.1) is 0 Å². The molecule has 0 fully saturated rings. The van der Waals surface area contributed by atoms with Gasteiger partial charge in [-0.2, -0.15) is 9.38 Å². The van der Waals surface area contributed by atoms with E-state index in [1.165, 1.54) is 5.56 Å². The Balaban J connectivity index is 1.98. The molecule has 6 nitrogen and oxygen atoms in total. The molecule has 0 atom stereocenters. The van der Waals surface area contributed by atoms with Gasteiger partial charge in [0, 0.05) is 24.0 Å². The maximum atomic E-state index is 4.73. The molecule has 0 spiro atoms. The molecule has 0 amide bonds. The van der Waals surface area contributed by atoms with E-state index in [-0.39, 0.29) is 0 Å². The molecule has 1 aliphatic heterocycles. The minimum atomic E-state index is 0.827. The molecule has 4 aromatic heterocycles. The molecule has 0 saturated heterocycles. The van der Waals surface area contributed by atoms with Crippen LogP contribution in [0.5, 0.6) is 0 Å². The first-order valence-electron chi connectivity index (χ1n) is 6.49. The van der Waals surface area contributed by atoms with E-state index in [0.29, 0.717) is 0 Å². The first kappa shape index (κ1) is 10.1. The number of hydrogen-bond donors (Lipinski definition) is 0. The lowest BCUT2D eigenvalue weighted by atomic mass is 10.2. The van der Waals surface area contributed by atoms with Gasteiger partial charge in [0.1, 0.15) is 5.69 Å². The van der Waals surface area contributed by atoms with E-state index in [4.69, 9.17) is 4.98 Å². The first-order chi connectivity index (χ1) is 9.84. The third kappa shape index (κ3) is 1.01. The summed E-state index contributed by atoms with van der Waals surface area (Å²) in [5.74, 6) is 1.11. The van der Waals surface area contributed by atoms with Crippen molar-refractivity contribution in [2.24, 2.45) is 7.05 Å². The molecule has 0 radical (unpaired) electrons. The summed E-state index contributed by atoms with van der Waals surface area (Å²) in [4.78, 5) is 13.4. The topological polar surface area (TPSA) is 51.9 Å². The summed E-state index contributed by atoms with van der Waals surface area (Å²) in [5, 5.41) is 0. The second kappa shape index (κ2) is 3.22. The van der Waals surface area contributed by atoms with Crippen LogP contribution >= 0.6 is 0 Å². The summed E-state index contributed by atoms with van der Waals surface area (Å²) < 4.78 is 6.39. The zero-order valence-electron chi connectivity index (χ0n) is 10.9. The smallest absolute Gasteiger partial charge is 0.249 e. The van der Waals surface area contributed by atoms with Gasteiger partial charge < -0.3 is 0 Å². The third-order valence-corrected chi connectivity index (χ3v) is 3.97. The average Bonchev–Trinajstić information content (AvgIpc) is 3.10. The van der Waals surface area contributed by atoms with Crippen molar-refractivity contribution in [2.75, 3.05) is 0 Å². The van der Waals surface area contributed by atoms with Gasteiger partial charge in [0.15, 0.2) is 6.33 Å². The Labute approximate surface area is 114 Å². The van der Waals surface area contributed by atoms with Crippen molar-refractivity contribution in [3.8, 4) is 11.5 Å². The Hall–Kier alpha value is -2.76. The van der Waals surface area contributed by atoms with Gasteiger partial charge in [0.2, 0.25) is 5.65 Å². The van der Waals surface area contributed by atoms with Crippen LogP contribution in [-0.4, -0.2) is 23.9 Å². The highest BCUT2D eigenvalue weighted by Crippen LogP contribution is 2.31. The molecule has 0 aromatic carbocycles. The Morgan fingerprint density at radius 1 is 1.25 bits per heavy atom. The monoisotopic (exact) mass is 263 g/mol. The van der Waals surface area contributed by atoms with Crippen LogP contribution in [0.25, 0.3) is 28.5 Å². The van der Waals surface area contributed by atoms with E-state index in [9.17, 15) is 0 Å². The lowest BCUT2D eigenvalue weighted by Gasteiger charge is -1.95. The van der Waals surface area contributed by atoms with Crippen LogP contribution in [0.2, 0.25) is 0 Å². The highest BCUT2D eigenvalue weighted by atomic mass is 15.3. The second-order valence-electron chi connectivity index (χ2n) is 5.05. The molecule has 0 saturated carbocycles. The van der Waals surface area contributed by atoms with Gasteiger partial charge in [0.25, 0.3) is 17.1 Å². The zero-order chi connectivity index (χ0) is 13.3. The van der Waals surface area contributed by atoms with Crippen LogP contribution in [-0.2, 0) is 13.6 Å². The molecule has 4 aromatic rings. The third-order valence-electron chi connectivity index (χ3n) is 3.97. The van der Waals surface area contributed by atoms with Crippen molar-refractivity contribution in [2.45, 2.75) is 6.54 Å². The maximum absolute atomic E-state index is 4.73. The molecule has 20 heavy (non-hydrogen) atoms. The molecule has 0 aliphatic carbocycles. The predicted octanol–water partition coefficient (Wildman–Crippen LogP) is 0.932. The van der Waals surface area contributed by atoms with Crippen LogP contribution in [0.4, 0.5) is 0 Å². The van der Waals surface area contributed by atoms with E-state index < -0.39 is 0 Å². The SMILES string of the molecule is C[n+]1c2n(c3nc4ccncn4c31)Cc1cccnc1-2. The fourth-order valence-electron chi connectivity index (χ4n) is 3.12. The zero-order valence-corrected chi connectivity index (χ0v) is 10.9. The molecule has 5 heterocycles. The number of nitrogens with zero attached hydrogens (tertiary/aromatic N) is 6. The molecule has 0 N–H and O–H groups in total. The van der Waals surface area contributed by atoms with E-state index in [1.54, 1.807) is 12.5 Å². The minimum absolute atomic E-state index is 0.827. The van der Waals surface area contributed by atoms with Crippen molar-refractivity contribution in [1.29, 1.82) is 0 Å². The van der Waals surface area contributed by atoms with Gasteiger partial charge in [-0.25, -0.2) is 19.1 Å². The molecular weight excluding hydrogens is 252 g/mol. The summed E-state index contributed by atoms with van der Waals surface area (Å²) in [6.07, 6.45) is 5.41. The second-order valence-corrected chi connectivity index (χ2v) is 5.05. The molecule has 96 valence electrons. The van der Waals surface area contributed by atoms with Gasteiger partial charge >= 0.3 is 0 Å². The molecular formula is C14H11N6+. The van der Waals surface area contributed by atoms with Gasteiger partial charge in [-0.1, -0.05) is 6.07 Å². The molecule has 0 bridgehead atoms. The fraction of sp³-hybridized carbons (Fsp3) is 0.143. The maximum Gasteiger partial charge on any atom is 0.296 e. The Kier molecular flexibility index (Phi) is 1.62. The quantitative estimate of drug-likeness (QED) is 0.391. The van der Waals surface area contributed by atoms with Gasteiger partial charge in [0.05, 0.1) is 13.6 Å². The lowest BCUT2D eigenvalue weighted by Crippen LogP contribution is -2.30. The van der Waals surface area contributed by atoms with Crippen molar-refractivity contribution < 1.29 is 4.57 Å². The van der Waals surface area contributed by atoms with Crippen molar-refractivity contribution >= 4 is 16.9 Å². The lowest BCUT2D eigenvalue weighted by molar-refractivity contribution is -0.636. The number of rotatable bonds is 0. The number of hydrogen-bond acceptors (Lipinski definition) is 3. The average molecular weight is 263 g/mol. The van der Waals surface area contributed by atoms with Crippen LogP contribution in [0.3, 0.4) is 0 Å². The summed E-state index contributed by atoms with van der Waals surface area (Å²) in [6, 6.07) is 6.03. The number of imidazole rings is 2. The van der Waals surface area contributed by atoms with E-state index in [0.717, 1.165) is 35.0 Å². The summed E-state index contributed by atoms with van der Waals surface area (Å²) >= 11 is 0. The van der Waals surface area contributed by atoms with Crippen molar-refractivity contribution in [3.05, 3.63) is 42.5 Å². The van der Waals surface area contributed by atoms with Gasteiger partial charge in [-0.3, -0.25) is 0 Å². The predicted molar refractivity (Wildman–Crippen MR) is 72.0 cm³/mol. The normalized spacial score (nSPS) is 13.1. The van der Waals surface area contributed by atoms with Crippen LogP contribution < -0.4 is 4.57 Å². The number of fused-ring (bicyclic) bond motifs is 7.